The number of amides is 1. The predicted octanol–water partition coefficient (Wildman–Crippen LogP) is 4.11. The Hall–Kier alpha value is -2.37. The Bertz CT molecular complexity index is 929. The number of anilines is 1. The third-order valence-corrected chi connectivity index (χ3v) is 4.77. The van der Waals surface area contributed by atoms with Crippen molar-refractivity contribution in [3.8, 4) is 0 Å². The number of aryl methyl sites for hydroxylation is 1. The van der Waals surface area contributed by atoms with Crippen LogP contribution in [0.3, 0.4) is 0 Å². The lowest BCUT2D eigenvalue weighted by Crippen LogP contribution is -2.10. The Morgan fingerprint density at radius 3 is 2.61 bits per heavy atom. The number of benzene rings is 1. The molecule has 3 aromatic rings. The smallest absolute Gasteiger partial charge is 0.260 e. The highest BCUT2D eigenvalue weighted by molar-refractivity contribution is 7.21. The summed E-state index contributed by atoms with van der Waals surface area (Å²) < 4.78 is 0. The Balaban J connectivity index is 2.12. The molecule has 0 aliphatic heterocycles. The normalized spacial score (nSPS) is 11.4. The van der Waals surface area contributed by atoms with Crippen molar-refractivity contribution in [2.45, 2.75) is 6.92 Å². The Kier molecular flexibility index (Phi) is 4.07. The van der Waals surface area contributed by atoms with Gasteiger partial charge in [-0.2, -0.15) is 0 Å². The molecular weight excluding hydrogens is 330 g/mol. The number of aromatic nitrogens is 1. The molecular formula is C17H14ClN3OS. The number of halogens is 1. The van der Waals surface area contributed by atoms with Crippen LogP contribution in [0.5, 0.6) is 0 Å². The molecule has 0 bridgehead atoms. The van der Waals surface area contributed by atoms with Crippen molar-refractivity contribution in [1.82, 2.24) is 4.98 Å². The third-order valence-electron chi connectivity index (χ3n) is 3.41. The van der Waals surface area contributed by atoms with E-state index in [1.807, 2.05) is 49.4 Å². The standard InChI is InChI=1S/C17H14ClN3OS/c1-9-8-11(5-2-10-3-6-12(18)7-4-10)13-14(19)15(16(20)22)23-17(13)21-9/h2-8H,19H2,1H3,(H2,20,22)/b5-2+. The van der Waals surface area contributed by atoms with Crippen LogP contribution in [0.15, 0.2) is 30.3 Å². The van der Waals surface area contributed by atoms with Gasteiger partial charge >= 0.3 is 0 Å². The number of rotatable bonds is 3. The van der Waals surface area contributed by atoms with Gasteiger partial charge in [0.2, 0.25) is 0 Å². The minimum atomic E-state index is -0.532. The van der Waals surface area contributed by atoms with E-state index in [0.29, 0.717) is 20.4 Å². The van der Waals surface area contributed by atoms with Gasteiger partial charge in [-0.3, -0.25) is 4.79 Å². The summed E-state index contributed by atoms with van der Waals surface area (Å²) in [5.74, 6) is -0.532. The summed E-state index contributed by atoms with van der Waals surface area (Å²) in [6.07, 6.45) is 3.92. The fraction of sp³-hybridized carbons (Fsp3) is 0.0588. The molecule has 1 amide bonds. The van der Waals surface area contributed by atoms with E-state index in [4.69, 9.17) is 23.1 Å². The third kappa shape index (κ3) is 3.06. The Morgan fingerprint density at radius 1 is 1.26 bits per heavy atom. The minimum Gasteiger partial charge on any atom is -0.397 e. The van der Waals surface area contributed by atoms with Crippen molar-refractivity contribution in [3.63, 3.8) is 0 Å². The summed E-state index contributed by atoms with van der Waals surface area (Å²) in [6.45, 7) is 1.90. The van der Waals surface area contributed by atoms with Gasteiger partial charge in [-0.1, -0.05) is 35.9 Å². The van der Waals surface area contributed by atoms with Gasteiger partial charge in [-0.05, 0) is 36.2 Å². The maximum absolute atomic E-state index is 11.5. The van der Waals surface area contributed by atoms with Crippen molar-refractivity contribution in [1.29, 1.82) is 0 Å². The van der Waals surface area contributed by atoms with Crippen LogP contribution in [0.2, 0.25) is 5.02 Å². The van der Waals surface area contributed by atoms with Crippen LogP contribution in [0.4, 0.5) is 5.69 Å². The van der Waals surface area contributed by atoms with E-state index in [2.05, 4.69) is 4.98 Å². The van der Waals surface area contributed by atoms with Gasteiger partial charge in [-0.25, -0.2) is 4.98 Å². The number of primary amides is 1. The van der Waals surface area contributed by atoms with Crippen LogP contribution in [-0.4, -0.2) is 10.9 Å². The number of carbonyl (C=O) groups is 1. The lowest BCUT2D eigenvalue weighted by molar-refractivity contribution is 0.100. The van der Waals surface area contributed by atoms with E-state index in [9.17, 15) is 4.79 Å². The zero-order valence-corrected chi connectivity index (χ0v) is 13.9. The van der Waals surface area contributed by atoms with Crippen molar-refractivity contribution in [2.75, 3.05) is 5.73 Å². The van der Waals surface area contributed by atoms with Gasteiger partial charge in [-0.15, -0.1) is 11.3 Å². The van der Waals surface area contributed by atoms with E-state index in [-0.39, 0.29) is 0 Å². The highest BCUT2D eigenvalue weighted by atomic mass is 35.5. The van der Waals surface area contributed by atoms with Gasteiger partial charge in [0.15, 0.2) is 0 Å². The molecule has 0 spiro atoms. The number of nitrogens with zero attached hydrogens (tertiary/aromatic N) is 1. The molecule has 2 heterocycles. The molecule has 0 unspecified atom stereocenters. The van der Waals surface area contributed by atoms with E-state index in [0.717, 1.165) is 22.2 Å². The summed E-state index contributed by atoms with van der Waals surface area (Å²) in [5.41, 5.74) is 14.6. The minimum absolute atomic E-state index is 0.347. The maximum atomic E-state index is 11.5. The summed E-state index contributed by atoms with van der Waals surface area (Å²) in [7, 11) is 0. The van der Waals surface area contributed by atoms with Crippen molar-refractivity contribution < 1.29 is 4.79 Å². The highest BCUT2D eigenvalue weighted by Gasteiger charge is 2.17. The second-order valence-corrected chi connectivity index (χ2v) is 6.56. The number of nitrogen functional groups attached to an aromatic ring is 1. The molecule has 23 heavy (non-hydrogen) atoms. The molecule has 4 nitrogen and oxygen atoms in total. The molecule has 0 fully saturated rings. The van der Waals surface area contributed by atoms with Crippen LogP contribution < -0.4 is 11.5 Å². The fourth-order valence-corrected chi connectivity index (χ4v) is 3.50. The van der Waals surface area contributed by atoms with Crippen LogP contribution in [0.25, 0.3) is 22.4 Å². The largest absolute Gasteiger partial charge is 0.397 e. The number of fused-ring (bicyclic) bond motifs is 1. The maximum Gasteiger partial charge on any atom is 0.260 e. The molecule has 0 radical (unpaired) electrons. The van der Waals surface area contributed by atoms with Crippen LogP contribution >= 0.6 is 22.9 Å². The molecule has 0 atom stereocenters. The first-order valence-corrected chi connectivity index (χ1v) is 8.08. The molecule has 0 aliphatic rings. The van der Waals surface area contributed by atoms with Crippen LogP contribution in [0, 0.1) is 6.92 Å². The molecule has 0 saturated carbocycles. The summed E-state index contributed by atoms with van der Waals surface area (Å²) in [6, 6.07) is 9.45. The van der Waals surface area contributed by atoms with E-state index < -0.39 is 5.91 Å². The monoisotopic (exact) mass is 343 g/mol. The average Bonchev–Trinajstić information content (AvgIpc) is 2.83. The lowest BCUT2D eigenvalue weighted by atomic mass is 10.1. The molecule has 2 aromatic heterocycles. The van der Waals surface area contributed by atoms with E-state index in [1.165, 1.54) is 11.3 Å². The number of thiophene rings is 1. The summed E-state index contributed by atoms with van der Waals surface area (Å²) in [4.78, 5) is 17.0. The first-order chi connectivity index (χ1) is 11.0. The molecule has 1 aromatic carbocycles. The zero-order chi connectivity index (χ0) is 16.6. The number of hydrogen-bond acceptors (Lipinski definition) is 4. The second kappa shape index (κ2) is 6.02. The average molecular weight is 344 g/mol. The predicted molar refractivity (Wildman–Crippen MR) is 97.7 cm³/mol. The quantitative estimate of drug-likeness (QED) is 0.750. The number of pyridine rings is 1. The number of carbonyl (C=O) groups excluding carboxylic acids is 1. The molecule has 4 N–H and O–H groups in total. The molecule has 0 aliphatic carbocycles. The van der Waals surface area contributed by atoms with Gasteiger partial charge in [0, 0.05) is 16.1 Å². The second-order valence-electron chi connectivity index (χ2n) is 5.13. The molecule has 3 rings (SSSR count). The SMILES string of the molecule is Cc1cc(/C=C/c2ccc(Cl)cc2)c2c(N)c(C(N)=O)sc2n1. The van der Waals surface area contributed by atoms with Crippen molar-refractivity contribution >= 4 is 56.9 Å². The molecule has 116 valence electrons. The topological polar surface area (TPSA) is 82.0 Å². The molecule has 6 heteroatoms. The number of hydrogen-bond donors (Lipinski definition) is 2. The lowest BCUT2D eigenvalue weighted by Gasteiger charge is -2.02. The Labute approximate surface area is 142 Å². The van der Waals surface area contributed by atoms with Gasteiger partial charge < -0.3 is 11.5 Å². The van der Waals surface area contributed by atoms with E-state index >= 15 is 0 Å². The first kappa shape index (κ1) is 15.5. The van der Waals surface area contributed by atoms with Gasteiger partial charge in [0.25, 0.3) is 5.91 Å². The van der Waals surface area contributed by atoms with Crippen molar-refractivity contribution in [2.24, 2.45) is 5.73 Å². The Morgan fingerprint density at radius 2 is 1.96 bits per heavy atom. The highest BCUT2D eigenvalue weighted by Crippen LogP contribution is 2.35. The van der Waals surface area contributed by atoms with E-state index in [1.54, 1.807) is 0 Å². The van der Waals surface area contributed by atoms with Crippen LogP contribution in [-0.2, 0) is 0 Å². The molecule has 0 saturated heterocycles. The zero-order valence-electron chi connectivity index (χ0n) is 12.3. The van der Waals surface area contributed by atoms with Crippen molar-refractivity contribution in [3.05, 3.63) is 57.1 Å². The summed E-state index contributed by atoms with van der Waals surface area (Å²) >= 11 is 7.11. The van der Waals surface area contributed by atoms with Gasteiger partial charge in [0.05, 0.1) is 5.69 Å². The summed E-state index contributed by atoms with van der Waals surface area (Å²) in [5, 5.41) is 1.46. The first-order valence-electron chi connectivity index (χ1n) is 6.89. The number of nitrogens with two attached hydrogens (primary N) is 2. The fourth-order valence-electron chi connectivity index (χ4n) is 2.35. The van der Waals surface area contributed by atoms with Gasteiger partial charge in [0.1, 0.15) is 9.71 Å². The van der Waals surface area contributed by atoms with Crippen LogP contribution in [0.1, 0.15) is 26.5 Å².